The van der Waals surface area contributed by atoms with E-state index in [4.69, 9.17) is 16.6 Å². The summed E-state index contributed by atoms with van der Waals surface area (Å²) in [7, 11) is 1.68. The molecule has 0 aliphatic carbocycles. The highest BCUT2D eigenvalue weighted by Gasteiger charge is 2.28. The fourth-order valence-corrected chi connectivity index (χ4v) is 3.39. The summed E-state index contributed by atoms with van der Waals surface area (Å²) < 4.78 is 7.53. The lowest BCUT2D eigenvalue weighted by Crippen LogP contribution is -2.22. The van der Waals surface area contributed by atoms with Crippen LogP contribution in [0.1, 0.15) is 5.76 Å². The monoisotopic (exact) mass is 427 g/mol. The van der Waals surface area contributed by atoms with E-state index in [1.54, 1.807) is 13.1 Å². The summed E-state index contributed by atoms with van der Waals surface area (Å²) in [6, 6.07) is 11.8. The molecule has 2 aromatic rings. The third-order valence-corrected chi connectivity index (χ3v) is 5.22. The van der Waals surface area contributed by atoms with E-state index >= 15 is 0 Å². The summed E-state index contributed by atoms with van der Waals surface area (Å²) in [6.45, 7) is 0. The summed E-state index contributed by atoms with van der Waals surface area (Å²) in [5, 5.41) is 0. The van der Waals surface area contributed by atoms with E-state index in [1.165, 1.54) is 20.2 Å². The van der Waals surface area contributed by atoms with Gasteiger partial charge in [0, 0.05) is 22.3 Å². The molecule has 1 aliphatic rings. The molecule has 0 unspecified atom stereocenters. The van der Waals surface area contributed by atoms with E-state index in [2.05, 4.69) is 22.6 Å². The Labute approximate surface area is 145 Å². The van der Waals surface area contributed by atoms with Gasteiger partial charge in [-0.05, 0) is 46.9 Å². The van der Waals surface area contributed by atoms with Gasteiger partial charge in [-0.15, -0.1) is 0 Å². The summed E-state index contributed by atoms with van der Waals surface area (Å²) in [5.41, 5.74) is 1.01. The van der Waals surface area contributed by atoms with Crippen LogP contribution in [0.15, 0.2) is 45.7 Å². The van der Waals surface area contributed by atoms with Gasteiger partial charge < -0.3 is 4.42 Å². The highest BCUT2D eigenvalue weighted by Crippen LogP contribution is 2.32. The largest absolute Gasteiger partial charge is 0.457 e. The van der Waals surface area contributed by atoms with Gasteiger partial charge in [-0.25, -0.2) is 0 Å². The molecule has 1 fully saturated rings. The van der Waals surface area contributed by atoms with Crippen molar-refractivity contribution >= 4 is 62.9 Å². The Balaban J connectivity index is 1.87. The smallest absolute Gasteiger partial charge is 0.266 e. The van der Waals surface area contributed by atoms with Crippen molar-refractivity contribution < 1.29 is 9.21 Å². The second kappa shape index (κ2) is 5.94. The summed E-state index contributed by atoms with van der Waals surface area (Å²) in [6.07, 6.45) is 1.74. The number of nitrogens with zero attached hydrogens (tertiary/aromatic N) is 1. The van der Waals surface area contributed by atoms with Gasteiger partial charge in [-0.3, -0.25) is 9.69 Å². The molecule has 1 amide bonds. The van der Waals surface area contributed by atoms with Crippen LogP contribution < -0.4 is 0 Å². The Kier molecular flexibility index (Phi) is 4.19. The molecule has 106 valence electrons. The number of hydrogen-bond acceptors (Lipinski definition) is 4. The minimum absolute atomic E-state index is 0.0859. The van der Waals surface area contributed by atoms with E-state index in [9.17, 15) is 4.79 Å². The van der Waals surface area contributed by atoms with Gasteiger partial charge in [0.2, 0.25) is 0 Å². The molecule has 3 nitrogen and oxygen atoms in total. The molecule has 0 atom stereocenters. The van der Waals surface area contributed by atoms with Gasteiger partial charge in [0.05, 0.1) is 4.91 Å². The van der Waals surface area contributed by atoms with Crippen LogP contribution in [-0.4, -0.2) is 22.2 Å². The van der Waals surface area contributed by atoms with Crippen molar-refractivity contribution in [3.63, 3.8) is 0 Å². The van der Waals surface area contributed by atoms with Crippen molar-refractivity contribution in [2.24, 2.45) is 0 Å². The molecule has 0 spiro atoms. The molecular formula is C15H10INO2S2. The zero-order valence-corrected chi connectivity index (χ0v) is 14.8. The minimum atomic E-state index is -0.0859. The second-order valence-electron chi connectivity index (χ2n) is 4.45. The number of benzene rings is 1. The Morgan fingerprint density at radius 3 is 2.57 bits per heavy atom. The summed E-state index contributed by atoms with van der Waals surface area (Å²) >= 11 is 8.66. The Bertz CT molecular complexity index is 749. The van der Waals surface area contributed by atoms with E-state index in [0.717, 1.165) is 11.3 Å². The molecule has 1 saturated heterocycles. The second-order valence-corrected chi connectivity index (χ2v) is 7.37. The Hall–Kier alpha value is -1.12. The van der Waals surface area contributed by atoms with Crippen molar-refractivity contribution in [2.45, 2.75) is 0 Å². The van der Waals surface area contributed by atoms with E-state index < -0.39 is 0 Å². The Morgan fingerprint density at radius 1 is 1.24 bits per heavy atom. The van der Waals surface area contributed by atoms with Crippen LogP contribution >= 0.6 is 46.6 Å². The third kappa shape index (κ3) is 3.07. The number of amides is 1. The average molecular weight is 427 g/mol. The number of likely N-dealkylation sites (N-methyl/N-ethyl adjacent to an activating group) is 1. The first-order valence-electron chi connectivity index (χ1n) is 6.12. The van der Waals surface area contributed by atoms with Crippen LogP contribution in [0.25, 0.3) is 17.4 Å². The normalized spacial score (nSPS) is 17.0. The van der Waals surface area contributed by atoms with Gasteiger partial charge in [0.25, 0.3) is 5.91 Å². The molecule has 1 aliphatic heterocycles. The molecule has 1 aromatic heterocycles. The van der Waals surface area contributed by atoms with Crippen LogP contribution in [-0.2, 0) is 4.79 Å². The number of halogens is 1. The topological polar surface area (TPSA) is 33.5 Å². The molecule has 0 saturated carbocycles. The fourth-order valence-electron chi connectivity index (χ4n) is 1.87. The maximum absolute atomic E-state index is 11.9. The van der Waals surface area contributed by atoms with Gasteiger partial charge in [0.15, 0.2) is 0 Å². The van der Waals surface area contributed by atoms with Gasteiger partial charge >= 0.3 is 0 Å². The molecule has 1 aromatic carbocycles. The predicted octanol–water partition coefficient (Wildman–Crippen LogP) is 4.38. The van der Waals surface area contributed by atoms with Crippen molar-refractivity contribution in [3.05, 3.63) is 50.6 Å². The SMILES string of the molecule is CN1C(=O)C(=Cc2ccc(-c3ccc(I)cc3)o2)SC1=S. The van der Waals surface area contributed by atoms with Crippen LogP contribution in [0.2, 0.25) is 0 Å². The van der Waals surface area contributed by atoms with Crippen molar-refractivity contribution in [3.8, 4) is 11.3 Å². The minimum Gasteiger partial charge on any atom is -0.457 e. The third-order valence-electron chi connectivity index (χ3n) is 3.02. The number of carbonyl (C=O) groups is 1. The number of carbonyl (C=O) groups excluding carboxylic acids is 1. The number of thiocarbonyl (C=S) groups is 1. The maximum Gasteiger partial charge on any atom is 0.266 e. The van der Waals surface area contributed by atoms with Crippen molar-refractivity contribution in [2.75, 3.05) is 7.05 Å². The quantitative estimate of drug-likeness (QED) is 0.405. The first kappa shape index (κ1) is 14.8. The molecular weight excluding hydrogens is 417 g/mol. The van der Waals surface area contributed by atoms with E-state index in [1.807, 2.05) is 36.4 Å². The zero-order chi connectivity index (χ0) is 15.0. The molecule has 0 radical (unpaired) electrons. The number of furan rings is 1. The lowest BCUT2D eigenvalue weighted by atomic mass is 10.2. The van der Waals surface area contributed by atoms with E-state index in [-0.39, 0.29) is 5.91 Å². The highest BCUT2D eigenvalue weighted by molar-refractivity contribution is 14.1. The van der Waals surface area contributed by atoms with Crippen LogP contribution in [0.5, 0.6) is 0 Å². The number of rotatable bonds is 2. The van der Waals surface area contributed by atoms with E-state index in [0.29, 0.717) is 15.0 Å². The van der Waals surface area contributed by atoms with Crippen molar-refractivity contribution in [1.82, 2.24) is 4.90 Å². The van der Waals surface area contributed by atoms with Crippen LogP contribution in [0.3, 0.4) is 0 Å². The lowest BCUT2D eigenvalue weighted by Gasteiger charge is -2.03. The molecule has 3 rings (SSSR count). The fraction of sp³-hybridized carbons (Fsp3) is 0.0667. The summed E-state index contributed by atoms with van der Waals surface area (Å²) in [5.74, 6) is 1.35. The number of thioether (sulfide) groups is 1. The highest BCUT2D eigenvalue weighted by atomic mass is 127. The van der Waals surface area contributed by atoms with Crippen LogP contribution in [0.4, 0.5) is 0 Å². The average Bonchev–Trinajstić information content (AvgIpc) is 3.02. The van der Waals surface area contributed by atoms with Gasteiger partial charge in [-0.1, -0.05) is 36.1 Å². The molecule has 2 heterocycles. The molecule has 0 N–H and O–H groups in total. The predicted molar refractivity (Wildman–Crippen MR) is 97.8 cm³/mol. The zero-order valence-electron chi connectivity index (χ0n) is 11.0. The maximum atomic E-state index is 11.9. The first-order chi connectivity index (χ1) is 10.0. The first-order valence-corrected chi connectivity index (χ1v) is 8.42. The number of hydrogen-bond donors (Lipinski definition) is 0. The van der Waals surface area contributed by atoms with Crippen molar-refractivity contribution in [1.29, 1.82) is 0 Å². The summed E-state index contributed by atoms with van der Waals surface area (Å²) in [4.78, 5) is 14.0. The molecule has 6 heteroatoms. The molecule has 21 heavy (non-hydrogen) atoms. The van der Waals surface area contributed by atoms with Crippen LogP contribution in [0, 0.1) is 3.57 Å². The standard InChI is InChI=1S/C15H10INO2S2/c1-17-14(18)13(21-15(17)20)8-11-6-7-12(19-11)9-2-4-10(16)5-3-9/h2-8H,1H3. The molecule has 0 bridgehead atoms. The van der Waals surface area contributed by atoms with Gasteiger partial charge in [-0.2, -0.15) is 0 Å². The Morgan fingerprint density at radius 2 is 1.95 bits per heavy atom. The lowest BCUT2D eigenvalue weighted by molar-refractivity contribution is -0.121. The van der Waals surface area contributed by atoms with Gasteiger partial charge in [0.1, 0.15) is 15.8 Å².